The zero-order valence-electron chi connectivity index (χ0n) is 12.1. The van der Waals surface area contributed by atoms with Crippen LogP contribution < -0.4 is 15.5 Å². The van der Waals surface area contributed by atoms with Gasteiger partial charge in [0.15, 0.2) is 11.5 Å². The molecule has 0 unspecified atom stereocenters. The van der Waals surface area contributed by atoms with Crippen molar-refractivity contribution in [1.29, 1.82) is 0 Å². The average molecular weight is 276 g/mol. The van der Waals surface area contributed by atoms with Crippen molar-refractivity contribution < 1.29 is 4.79 Å². The molecule has 2 aromatic rings. The van der Waals surface area contributed by atoms with Gasteiger partial charge in [-0.05, 0) is 6.92 Å². The summed E-state index contributed by atoms with van der Waals surface area (Å²) in [5, 5.41) is 5.81. The Morgan fingerprint density at radius 1 is 1.50 bits per heavy atom. The second-order valence-electron chi connectivity index (χ2n) is 4.48. The van der Waals surface area contributed by atoms with Gasteiger partial charge in [0.25, 0.3) is 0 Å². The largest absolute Gasteiger partial charge is 0.369 e. The number of nitrogens with zero attached hydrogens (tertiary/aromatic N) is 4. The number of carbonyl (C=O) groups is 1. The van der Waals surface area contributed by atoms with Crippen LogP contribution in [-0.4, -0.2) is 47.5 Å². The lowest BCUT2D eigenvalue weighted by atomic mass is 10.3. The summed E-state index contributed by atoms with van der Waals surface area (Å²) in [5.41, 5.74) is 0.783. The molecule has 0 bridgehead atoms. The number of nitrogens with one attached hydrogen (secondary N) is 2. The molecule has 7 heteroatoms. The van der Waals surface area contributed by atoms with Crippen LogP contribution >= 0.6 is 0 Å². The van der Waals surface area contributed by atoms with Crippen molar-refractivity contribution in [2.45, 2.75) is 13.3 Å². The first kappa shape index (κ1) is 14.1. The molecular formula is C13H20N6O. The monoisotopic (exact) mass is 276 g/mol. The zero-order valence-corrected chi connectivity index (χ0v) is 12.1. The highest BCUT2D eigenvalue weighted by atomic mass is 16.1. The molecule has 0 fully saturated rings. The van der Waals surface area contributed by atoms with Crippen molar-refractivity contribution in [3.05, 3.63) is 18.6 Å². The summed E-state index contributed by atoms with van der Waals surface area (Å²) in [6.45, 7) is 3.41. The number of anilines is 2. The average Bonchev–Trinajstić information content (AvgIpc) is 2.92. The summed E-state index contributed by atoms with van der Waals surface area (Å²) in [6, 6.07) is 0. The van der Waals surface area contributed by atoms with Crippen molar-refractivity contribution >= 4 is 23.2 Å². The van der Waals surface area contributed by atoms with Crippen molar-refractivity contribution in [2.24, 2.45) is 0 Å². The Hall–Kier alpha value is -2.31. The van der Waals surface area contributed by atoms with Gasteiger partial charge in [-0.15, -0.1) is 0 Å². The Kier molecular flexibility index (Phi) is 4.39. The molecule has 2 rings (SSSR count). The molecule has 108 valence electrons. The van der Waals surface area contributed by atoms with Crippen LogP contribution in [0, 0.1) is 0 Å². The molecule has 2 N–H and O–H groups in total. The Bertz CT molecular complexity index is 594. The molecule has 1 amide bonds. The lowest BCUT2D eigenvalue weighted by Gasteiger charge is -2.19. The van der Waals surface area contributed by atoms with Crippen LogP contribution in [0.2, 0.25) is 0 Å². The molecule has 0 saturated carbocycles. The third-order valence-corrected chi connectivity index (χ3v) is 3.03. The van der Waals surface area contributed by atoms with Crippen LogP contribution in [0.3, 0.4) is 0 Å². The lowest BCUT2D eigenvalue weighted by molar-refractivity contribution is -0.120. The van der Waals surface area contributed by atoms with Crippen molar-refractivity contribution in [2.75, 3.05) is 37.4 Å². The number of imidazole rings is 1. The van der Waals surface area contributed by atoms with Gasteiger partial charge in [0, 0.05) is 46.0 Å². The fraction of sp³-hybridized carbons (Fsp3) is 0.462. The molecule has 7 nitrogen and oxygen atoms in total. The van der Waals surface area contributed by atoms with Crippen LogP contribution in [0.4, 0.5) is 11.6 Å². The minimum absolute atomic E-state index is 0.0130. The van der Waals surface area contributed by atoms with E-state index in [4.69, 9.17) is 0 Å². The summed E-state index contributed by atoms with van der Waals surface area (Å²) < 4.78 is 1.93. The van der Waals surface area contributed by atoms with E-state index in [0.29, 0.717) is 13.0 Å². The minimum atomic E-state index is 0.0130. The summed E-state index contributed by atoms with van der Waals surface area (Å²) in [4.78, 5) is 22.2. The predicted octanol–water partition coefficient (Wildman–Crippen LogP) is 0.733. The highest BCUT2D eigenvalue weighted by molar-refractivity contribution is 5.76. The standard InChI is InChI=1S/C13H20N6O/c1-4-15-10-9-19-8-6-16-12(19)13(17-10)18(3)7-5-11(20)14-2/h6,8-9,15H,4-5,7H2,1-3H3,(H,14,20). The summed E-state index contributed by atoms with van der Waals surface area (Å²) in [5.74, 6) is 1.57. The molecular weight excluding hydrogens is 256 g/mol. The van der Waals surface area contributed by atoms with Crippen LogP contribution in [0.15, 0.2) is 18.6 Å². The van der Waals surface area contributed by atoms with Crippen molar-refractivity contribution in [3.8, 4) is 0 Å². The van der Waals surface area contributed by atoms with E-state index in [1.54, 1.807) is 13.2 Å². The first-order valence-electron chi connectivity index (χ1n) is 6.65. The quantitative estimate of drug-likeness (QED) is 0.813. The summed E-state index contributed by atoms with van der Waals surface area (Å²) in [6.07, 6.45) is 5.95. The van der Waals surface area contributed by atoms with Crippen molar-refractivity contribution in [3.63, 3.8) is 0 Å². The molecule has 20 heavy (non-hydrogen) atoms. The van der Waals surface area contributed by atoms with E-state index < -0.39 is 0 Å². The molecule has 2 aromatic heterocycles. The molecule has 0 spiro atoms. The van der Waals surface area contributed by atoms with Crippen LogP contribution in [0.25, 0.3) is 5.65 Å². The molecule has 0 saturated heterocycles. The molecule has 0 atom stereocenters. The number of hydrogen-bond donors (Lipinski definition) is 2. The number of aromatic nitrogens is 3. The van der Waals surface area contributed by atoms with Gasteiger partial charge in [-0.2, -0.15) is 0 Å². The minimum Gasteiger partial charge on any atom is -0.369 e. The maximum absolute atomic E-state index is 11.3. The van der Waals surface area contributed by atoms with Gasteiger partial charge < -0.3 is 19.9 Å². The molecule has 2 heterocycles. The van der Waals surface area contributed by atoms with Gasteiger partial charge in [0.1, 0.15) is 5.82 Å². The Morgan fingerprint density at radius 3 is 3.00 bits per heavy atom. The first-order valence-corrected chi connectivity index (χ1v) is 6.65. The maximum Gasteiger partial charge on any atom is 0.221 e. The van der Waals surface area contributed by atoms with Gasteiger partial charge in [0.2, 0.25) is 5.91 Å². The zero-order chi connectivity index (χ0) is 14.5. The highest BCUT2D eigenvalue weighted by Crippen LogP contribution is 2.19. The molecule has 0 aliphatic heterocycles. The number of fused-ring (bicyclic) bond motifs is 1. The smallest absolute Gasteiger partial charge is 0.221 e. The second-order valence-corrected chi connectivity index (χ2v) is 4.48. The molecule has 0 aromatic carbocycles. The Morgan fingerprint density at radius 2 is 2.30 bits per heavy atom. The van der Waals surface area contributed by atoms with Crippen molar-refractivity contribution in [1.82, 2.24) is 19.7 Å². The van der Waals surface area contributed by atoms with E-state index >= 15 is 0 Å². The van der Waals surface area contributed by atoms with Gasteiger partial charge >= 0.3 is 0 Å². The lowest BCUT2D eigenvalue weighted by Crippen LogP contribution is -2.27. The van der Waals surface area contributed by atoms with Crippen LogP contribution in [-0.2, 0) is 4.79 Å². The topological polar surface area (TPSA) is 74.6 Å². The number of carbonyl (C=O) groups excluding carboxylic acids is 1. The fourth-order valence-corrected chi connectivity index (χ4v) is 1.94. The SMILES string of the molecule is CCNc1cn2ccnc2c(N(C)CCC(=O)NC)n1. The first-order chi connectivity index (χ1) is 9.65. The third-order valence-electron chi connectivity index (χ3n) is 3.03. The van der Waals surface area contributed by atoms with E-state index in [0.717, 1.165) is 23.8 Å². The molecule has 0 aliphatic rings. The van der Waals surface area contributed by atoms with Crippen LogP contribution in [0.5, 0.6) is 0 Å². The Balaban J connectivity index is 2.26. The second kappa shape index (κ2) is 6.23. The summed E-state index contributed by atoms with van der Waals surface area (Å²) >= 11 is 0. The highest BCUT2D eigenvalue weighted by Gasteiger charge is 2.12. The van der Waals surface area contributed by atoms with Gasteiger partial charge in [-0.25, -0.2) is 9.97 Å². The van der Waals surface area contributed by atoms with E-state index in [-0.39, 0.29) is 5.91 Å². The van der Waals surface area contributed by atoms with Crippen LogP contribution in [0.1, 0.15) is 13.3 Å². The fourth-order valence-electron chi connectivity index (χ4n) is 1.94. The van der Waals surface area contributed by atoms with E-state index in [1.165, 1.54) is 0 Å². The molecule has 0 aliphatic carbocycles. The molecule has 0 radical (unpaired) electrons. The number of rotatable bonds is 6. The predicted molar refractivity (Wildman–Crippen MR) is 79.1 cm³/mol. The summed E-state index contributed by atoms with van der Waals surface area (Å²) in [7, 11) is 3.55. The number of hydrogen-bond acceptors (Lipinski definition) is 5. The van der Waals surface area contributed by atoms with E-state index in [1.807, 2.05) is 35.7 Å². The van der Waals surface area contributed by atoms with Gasteiger partial charge in [-0.3, -0.25) is 4.79 Å². The van der Waals surface area contributed by atoms with Gasteiger partial charge in [0.05, 0.1) is 6.20 Å². The Labute approximate surface area is 118 Å². The maximum atomic E-state index is 11.3. The van der Waals surface area contributed by atoms with E-state index in [9.17, 15) is 4.79 Å². The number of amides is 1. The normalized spacial score (nSPS) is 10.6. The van der Waals surface area contributed by atoms with E-state index in [2.05, 4.69) is 20.6 Å². The third kappa shape index (κ3) is 2.98. The van der Waals surface area contributed by atoms with Gasteiger partial charge in [-0.1, -0.05) is 0 Å².